The smallest absolute Gasteiger partial charge is 0.173 e. The van der Waals surface area contributed by atoms with Gasteiger partial charge in [0.15, 0.2) is 5.78 Å². The minimum absolute atomic E-state index is 0.121. The van der Waals surface area contributed by atoms with Crippen LogP contribution in [0.25, 0.3) is 0 Å². The maximum absolute atomic E-state index is 13.3. The molecule has 26 heavy (non-hydrogen) atoms. The molecule has 0 saturated carbocycles. The number of nitrogens with one attached hydrogen (secondary N) is 1. The minimum atomic E-state index is -0.390. The number of para-hydroxylation sites is 2. The monoisotopic (exact) mass is 351 g/mol. The Morgan fingerprint density at radius 2 is 1.85 bits per heavy atom. The lowest BCUT2D eigenvalue weighted by molar-refractivity contribution is -0.0233. The summed E-state index contributed by atoms with van der Waals surface area (Å²) in [5, 5.41) is 3.40. The third-order valence-electron chi connectivity index (χ3n) is 5.76. The van der Waals surface area contributed by atoms with Gasteiger partial charge in [-0.2, -0.15) is 0 Å². The first-order chi connectivity index (χ1) is 12.7. The quantitative estimate of drug-likeness (QED) is 0.914. The van der Waals surface area contributed by atoms with Gasteiger partial charge in [-0.1, -0.05) is 30.3 Å². The number of fused-ring (bicyclic) bond motifs is 1. The number of aryl methyl sites for hydroxylation is 1. The number of benzene rings is 2. The van der Waals surface area contributed by atoms with Crippen molar-refractivity contribution in [2.45, 2.75) is 31.3 Å². The molecule has 0 aromatic heterocycles. The molecule has 2 aromatic carbocycles. The van der Waals surface area contributed by atoms with Crippen molar-refractivity contribution in [1.29, 1.82) is 0 Å². The molecule has 2 aromatic rings. The van der Waals surface area contributed by atoms with E-state index in [1.807, 2.05) is 42.5 Å². The number of hydrogen-bond acceptors (Lipinski definition) is 4. The molecule has 2 heterocycles. The van der Waals surface area contributed by atoms with Gasteiger partial charge in [-0.15, -0.1) is 0 Å². The average Bonchev–Trinajstić information content (AvgIpc) is 2.69. The molecule has 0 bridgehead atoms. The fraction of sp³-hybridized carbons (Fsp3) is 0.409. The van der Waals surface area contributed by atoms with Gasteiger partial charge in [0.25, 0.3) is 0 Å². The lowest BCUT2D eigenvalue weighted by Crippen LogP contribution is -2.56. The van der Waals surface area contributed by atoms with Crippen molar-refractivity contribution in [1.82, 2.24) is 5.32 Å². The van der Waals surface area contributed by atoms with Crippen LogP contribution in [0.5, 0.6) is 11.5 Å². The van der Waals surface area contributed by atoms with Gasteiger partial charge in [0.05, 0.1) is 18.6 Å². The largest absolute Gasteiger partial charge is 0.496 e. The Balaban J connectivity index is 1.64. The van der Waals surface area contributed by atoms with Crippen LogP contribution in [0.4, 0.5) is 0 Å². The first-order valence-electron chi connectivity index (χ1n) is 9.38. The Bertz CT molecular complexity index is 795. The SMILES string of the molecule is COc1ccccc1CCC1C(=O)c2ccccc2OC12CCNCC2. The number of carbonyl (C=O) groups is 1. The highest BCUT2D eigenvalue weighted by atomic mass is 16.5. The minimum Gasteiger partial charge on any atom is -0.496 e. The van der Waals surface area contributed by atoms with Crippen molar-refractivity contribution >= 4 is 5.78 Å². The summed E-state index contributed by atoms with van der Waals surface area (Å²) >= 11 is 0. The highest BCUT2D eigenvalue weighted by Crippen LogP contribution is 2.44. The highest BCUT2D eigenvalue weighted by Gasteiger charge is 2.49. The van der Waals surface area contributed by atoms with E-state index < -0.39 is 5.60 Å². The number of Topliss-reactive ketones (excluding diaryl/α,β-unsaturated/α-hetero) is 1. The number of piperidine rings is 1. The summed E-state index contributed by atoms with van der Waals surface area (Å²) in [7, 11) is 1.69. The molecule has 1 atom stereocenters. The van der Waals surface area contributed by atoms with Gasteiger partial charge in [0.1, 0.15) is 17.1 Å². The first-order valence-corrected chi connectivity index (χ1v) is 9.38. The molecule has 1 saturated heterocycles. The van der Waals surface area contributed by atoms with E-state index in [-0.39, 0.29) is 11.7 Å². The summed E-state index contributed by atoms with van der Waals surface area (Å²) in [5.74, 6) is 1.73. The van der Waals surface area contributed by atoms with Gasteiger partial charge in [0.2, 0.25) is 0 Å². The summed E-state index contributed by atoms with van der Waals surface area (Å²) in [5.41, 5.74) is 1.48. The van der Waals surface area contributed by atoms with Gasteiger partial charge in [0, 0.05) is 12.8 Å². The molecule has 1 fully saturated rings. The summed E-state index contributed by atoms with van der Waals surface area (Å²) in [6.07, 6.45) is 3.31. The van der Waals surface area contributed by atoms with Crippen LogP contribution in [0.2, 0.25) is 0 Å². The second kappa shape index (κ2) is 7.12. The molecular weight excluding hydrogens is 326 g/mol. The van der Waals surface area contributed by atoms with E-state index in [2.05, 4.69) is 11.4 Å². The molecule has 2 aliphatic heterocycles. The fourth-order valence-electron chi connectivity index (χ4n) is 4.38. The third-order valence-corrected chi connectivity index (χ3v) is 5.76. The molecule has 2 aliphatic rings. The molecule has 0 radical (unpaired) electrons. The summed E-state index contributed by atoms with van der Waals surface area (Å²) < 4.78 is 12.0. The van der Waals surface area contributed by atoms with E-state index in [4.69, 9.17) is 9.47 Å². The maximum atomic E-state index is 13.3. The first kappa shape index (κ1) is 17.1. The number of ketones is 1. The van der Waals surface area contributed by atoms with Gasteiger partial charge in [-0.25, -0.2) is 0 Å². The van der Waals surface area contributed by atoms with Crippen LogP contribution in [-0.2, 0) is 6.42 Å². The molecular formula is C22H25NO3. The second-order valence-corrected chi connectivity index (χ2v) is 7.18. The van der Waals surface area contributed by atoms with E-state index in [1.54, 1.807) is 7.11 Å². The Morgan fingerprint density at radius 3 is 2.65 bits per heavy atom. The van der Waals surface area contributed by atoms with Crippen molar-refractivity contribution < 1.29 is 14.3 Å². The van der Waals surface area contributed by atoms with E-state index in [0.29, 0.717) is 0 Å². The zero-order valence-corrected chi connectivity index (χ0v) is 15.2. The number of rotatable bonds is 4. The predicted octanol–water partition coefficient (Wildman–Crippen LogP) is 3.64. The fourth-order valence-corrected chi connectivity index (χ4v) is 4.38. The van der Waals surface area contributed by atoms with Crippen molar-refractivity contribution in [3.63, 3.8) is 0 Å². The average molecular weight is 351 g/mol. The molecule has 0 aliphatic carbocycles. The van der Waals surface area contributed by atoms with Crippen molar-refractivity contribution in [2.24, 2.45) is 5.92 Å². The molecule has 4 rings (SSSR count). The highest BCUT2D eigenvalue weighted by molar-refractivity contribution is 6.02. The van der Waals surface area contributed by atoms with Gasteiger partial charge >= 0.3 is 0 Å². The third kappa shape index (κ3) is 2.99. The maximum Gasteiger partial charge on any atom is 0.173 e. The lowest BCUT2D eigenvalue weighted by atomic mass is 9.71. The van der Waals surface area contributed by atoms with Gasteiger partial charge in [-0.3, -0.25) is 4.79 Å². The van der Waals surface area contributed by atoms with Gasteiger partial charge in [-0.05, 0) is 49.7 Å². The molecule has 1 N–H and O–H groups in total. The molecule has 4 nitrogen and oxygen atoms in total. The van der Waals surface area contributed by atoms with Crippen LogP contribution in [0.15, 0.2) is 48.5 Å². The lowest BCUT2D eigenvalue weighted by Gasteiger charge is -2.46. The summed E-state index contributed by atoms with van der Waals surface area (Å²) in [6.45, 7) is 1.78. The molecule has 4 heteroatoms. The number of hydrogen-bond donors (Lipinski definition) is 1. The van der Waals surface area contributed by atoms with Crippen LogP contribution in [-0.4, -0.2) is 31.6 Å². The van der Waals surface area contributed by atoms with E-state index in [1.165, 1.54) is 0 Å². The number of methoxy groups -OCH3 is 1. The van der Waals surface area contributed by atoms with Crippen LogP contribution < -0.4 is 14.8 Å². The Morgan fingerprint density at radius 1 is 1.12 bits per heavy atom. The normalized spacial score (nSPS) is 21.1. The molecule has 136 valence electrons. The zero-order chi connectivity index (χ0) is 18.0. The molecule has 0 amide bonds. The Kier molecular flexibility index (Phi) is 4.68. The Hall–Kier alpha value is -2.33. The van der Waals surface area contributed by atoms with Crippen LogP contribution in [0.3, 0.4) is 0 Å². The summed E-state index contributed by atoms with van der Waals surface area (Å²) in [4.78, 5) is 13.3. The summed E-state index contributed by atoms with van der Waals surface area (Å²) in [6, 6.07) is 15.7. The Labute approximate surface area is 154 Å². The van der Waals surface area contributed by atoms with E-state index in [0.717, 1.165) is 61.4 Å². The van der Waals surface area contributed by atoms with Crippen LogP contribution in [0.1, 0.15) is 35.2 Å². The topological polar surface area (TPSA) is 47.6 Å². The van der Waals surface area contributed by atoms with Crippen LogP contribution >= 0.6 is 0 Å². The standard InChI is InChI=1S/C22H25NO3/c1-25-19-8-4-2-6-16(19)10-11-18-21(24)17-7-3-5-9-20(17)26-22(18)12-14-23-15-13-22/h2-9,18,23H,10-15H2,1H3. The molecule has 1 spiro atoms. The van der Waals surface area contributed by atoms with E-state index in [9.17, 15) is 4.79 Å². The van der Waals surface area contributed by atoms with Crippen molar-refractivity contribution in [3.05, 3.63) is 59.7 Å². The van der Waals surface area contributed by atoms with Crippen molar-refractivity contribution in [2.75, 3.05) is 20.2 Å². The van der Waals surface area contributed by atoms with Gasteiger partial charge < -0.3 is 14.8 Å². The number of carbonyl (C=O) groups excluding carboxylic acids is 1. The van der Waals surface area contributed by atoms with Crippen molar-refractivity contribution in [3.8, 4) is 11.5 Å². The second-order valence-electron chi connectivity index (χ2n) is 7.18. The number of ether oxygens (including phenoxy) is 2. The van der Waals surface area contributed by atoms with E-state index >= 15 is 0 Å². The zero-order valence-electron chi connectivity index (χ0n) is 15.2. The van der Waals surface area contributed by atoms with Crippen LogP contribution in [0, 0.1) is 5.92 Å². The predicted molar refractivity (Wildman–Crippen MR) is 101 cm³/mol. The molecule has 1 unspecified atom stereocenters.